The van der Waals surface area contributed by atoms with E-state index in [0.717, 1.165) is 43.0 Å². The highest BCUT2D eigenvalue weighted by Gasteiger charge is 2.19. The van der Waals surface area contributed by atoms with Crippen molar-refractivity contribution >= 4 is 21.5 Å². The molecule has 9 heteroatoms. The number of ether oxygens (including phenoxy) is 1. The lowest BCUT2D eigenvalue weighted by molar-refractivity contribution is -0.134. The highest BCUT2D eigenvalue weighted by molar-refractivity contribution is 7.90. The first-order valence-electron chi connectivity index (χ1n) is 10.9. The first kappa shape index (κ1) is 24.7. The van der Waals surface area contributed by atoms with Crippen molar-refractivity contribution in [3.05, 3.63) is 59.7 Å². The molecule has 1 aliphatic heterocycles. The van der Waals surface area contributed by atoms with Crippen LogP contribution in [0.1, 0.15) is 24.5 Å². The van der Waals surface area contributed by atoms with Gasteiger partial charge in [-0.3, -0.25) is 4.79 Å². The molecule has 3 rings (SSSR count). The van der Waals surface area contributed by atoms with Crippen LogP contribution >= 0.6 is 0 Å². The highest BCUT2D eigenvalue weighted by atomic mass is 32.2. The van der Waals surface area contributed by atoms with Crippen LogP contribution in [-0.4, -0.2) is 75.9 Å². The summed E-state index contributed by atoms with van der Waals surface area (Å²) < 4.78 is 28.8. The number of nitrogens with zero attached hydrogens (tertiary/aromatic N) is 3. The second-order valence-corrected chi connectivity index (χ2v) is 10.1. The van der Waals surface area contributed by atoms with Crippen molar-refractivity contribution in [3.63, 3.8) is 0 Å². The van der Waals surface area contributed by atoms with Crippen LogP contribution in [0.3, 0.4) is 0 Å². The zero-order valence-corrected chi connectivity index (χ0v) is 20.2. The molecule has 178 valence electrons. The Morgan fingerprint density at radius 2 is 1.64 bits per heavy atom. The lowest BCUT2D eigenvalue weighted by Gasteiger charge is -2.32. The van der Waals surface area contributed by atoms with Crippen LogP contribution in [0.4, 0.5) is 0 Å². The monoisotopic (exact) mass is 473 g/mol. The number of likely N-dealkylation sites (N-methyl/N-ethyl adjacent to an activating group) is 1. The Morgan fingerprint density at radius 1 is 1.00 bits per heavy atom. The Hall–Kier alpha value is -2.91. The minimum Gasteiger partial charge on any atom is -0.484 e. The zero-order chi connectivity index (χ0) is 23.8. The summed E-state index contributed by atoms with van der Waals surface area (Å²) in [6.07, 6.45) is 1.85. The SMILES string of the molecule is CCC(=NOCc1ccc(S(C)(=O)=O)cc1)c1ccc(OCC(=O)N2CCN(C)CC2)cc1. The van der Waals surface area contributed by atoms with Gasteiger partial charge in [-0.25, -0.2) is 8.42 Å². The molecule has 2 aromatic carbocycles. The van der Waals surface area contributed by atoms with Crippen LogP contribution in [0.15, 0.2) is 58.6 Å². The third-order valence-electron chi connectivity index (χ3n) is 5.50. The van der Waals surface area contributed by atoms with Gasteiger partial charge in [-0.05, 0) is 61.0 Å². The van der Waals surface area contributed by atoms with Crippen molar-refractivity contribution < 1.29 is 22.8 Å². The molecular weight excluding hydrogens is 442 g/mol. The molecule has 0 aliphatic carbocycles. The van der Waals surface area contributed by atoms with Gasteiger partial charge in [0.05, 0.1) is 10.6 Å². The molecule has 0 bridgehead atoms. The van der Waals surface area contributed by atoms with E-state index in [1.54, 1.807) is 24.3 Å². The Balaban J connectivity index is 1.51. The predicted octanol–water partition coefficient (Wildman–Crippen LogP) is 2.57. The van der Waals surface area contributed by atoms with Crippen molar-refractivity contribution in [3.8, 4) is 5.75 Å². The fourth-order valence-electron chi connectivity index (χ4n) is 3.37. The number of carbonyl (C=O) groups excluding carboxylic acids is 1. The molecule has 0 radical (unpaired) electrons. The average molecular weight is 474 g/mol. The van der Waals surface area contributed by atoms with Crippen LogP contribution in [0.2, 0.25) is 0 Å². The van der Waals surface area contributed by atoms with Crippen molar-refractivity contribution in [1.29, 1.82) is 0 Å². The van der Waals surface area contributed by atoms with Crippen LogP contribution in [0.5, 0.6) is 5.75 Å². The first-order chi connectivity index (χ1) is 15.8. The van der Waals surface area contributed by atoms with E-state index in [0.29, 0.717) is 12.2 Å². The van der Waals surface area contributed by atoms with Crippen molar-refractivity contribution in [1.82, 2.24) is 9.80 Å². The van der Waals surface area contributed by atoms with Crippen LogP contribution in [0, 0.1) is 0 Å². The molecular formula is C24H31N3O5S. The van der Waals surface area contributed by atoms with E-state index in [9.17, 15) is 13.2 Å². The summed E-state index contributed by atoms with van der Waals surface area (Å²) in [6.45, 7) is 5.48. The van der Waals surface area contributed by atoms with Gasteiger partial charge in [-0.1, -0.05) is 24.2 Å². The van der Waals surface area contributed by atoms with Gasteiger partial charge in [0.1, 0.15) is 12.4 Å². The number of hydrogen-bond acceptors (Lipinski definition) is 7. The summed E-state index contributed by atoms with van der Waals surface area (Å²) in [5, 5.41) is 4.24. The van der Waals surface area contributed by atoms with Crippen LogP contribution < -0.4 is 4.74 Å². The summed E-state index contributed by atoms with van der Waals surface area (Å²) in [6, 6.07) is 14.0. The molecule has 0 unspecified atom stereocenters. The topological polar surface area (TPSA) is 88.5 Å². The maximum Gasteiger partial charge on any atom is 0.260 e. The fourth-order valence-corrected chi connectivity index (χ4v) is 4.01. The summed E-state index contributed by atoms with van der Waals surface area (Å²) in [5.74, 6) is 0.629. The van der Waals surface area contributed by atoms with E-state index in [4.69, 9.17) is 9.57 Å². The predicted molar refractivity (Wildman–Crippen MR) is 127 cm³/mol. The molecule has 1 saturated heterocycles. The van der Waals surface area contributed by atoms with Gasteiger partial charge < -0.3 is 19.4 Å². The number of piperazine rings is 1. The summed E-state index contributed by atoms with van der Waals surface area (Å²) >= 11 is 0. The molecule has 1 fully saturated rings. The molecule has 8 nitrogen and oxygen atoms in total. The van der Waals surface area contributed by atoms with Gasteiger partial charge in [-0.2, -0.15) is 0 Å². The van der Waals surface area contributed by atoms with E-state index in [2.05, 4.69) is 17.1 Å². The van der Waals surface area contributed by atoms with Gasteiger partial charge in [0.15, 0.2) is 16.4 Å². The minimum atomic E-state index is -3.22. The number of benzene rings is 2. The molecule has 1 heterocycles. The van der Waals surface area contributed by atoms with Gasteiger partial charge >= 0.3 is 0 Å². The number of hydrogen-bond donors (Lipinski definition) is 0. The van der Waals surface area contributed by atoms with E-state index < -0.39 is 9.84 Å². The second-order valence-electron chi connectivity index (χ2n) is 8.08. The molecule has 0 spiro atoms. The smallest absolute Gasteiger partial charge is 0.260 e. The van der Waals surface area contributed by atoms with Crippen LogP contribution in [-0.2, 0) is 26.1 Å². The van der Waals surface area contributed by atoms with Gasteiger partial charge in [-0.15, -0.1) is 0 Å². The molecule has 0 aromatic heterocycles. The maximum absolute atomic E-state index is 12.3. The molecule has 1 aliphatic rings. The summed E-state index contributed by atoms with van der Waals surface area (Å²) in [4.78, 5) is 22.1. The summed E-state index contributed by atoms with van der Waals surface area (Å²) in [7, 11) is -1.16. The number of oxime groups is 1. The standard InChI is InChI=1S/C24H31N3O5S/c1-4-23(25-32-17-19-5-11-22(12-6-19)33(3,29)30)20-7-9-21(10-8-20)31-18-24(28)27-15-13-26(2)14-16-27/h5-12H,4,13-18H2,1-3H3. The lowest BCUT2D eigenvalue weighted by Crippen LogP contribution is -2.48. The molecule has 33 heavy (non-hydrogen) atoms. The average Bonchev–Trinajstić information content (AvgIpc) is 2.81. The zero-order valence-electron chi connectivity index (χ0n) is 19.4. The molecule has 0 N–H and O–H groups in total. The maximum atomic E-state index is 12.3. The van der Waals surface area contributed by atoms with Gasteiger partial charge in [0.2, 0.25) is 0 Å². The highest BCUT2D eigenvalue weighted by Crippen LogP contribution is 2.16. The Labute approximate surface area is 195 Å². The molecule has 1 amide bonds. The third-order valence-corrected chi connectivity index (χ3v) is 6.63. The molecule has 0 saturated carbocycles. The molecule has 2 aromatic rings. The normalized spacial score (nSPS) is 15.4. The number of amides is 1. The first-order valence-corrected chi connectivity index (χ1v) is 12.8. The quantitative estimate of drug-likeness (QED) is 0.411. The van der Waals surface area contributed by atoms with Crippen molar-refractivity contribution in [2.24, 2.45) is 5.16 Å². The minimum absolute atomic E-state index is 0.000884. The van der Waals surface area contributed by atoms with E-state index >= 15 is 0 Å². The van der Waals surface area contributed by atoms with Gasteiger partial charge in [0.25, 0.3) is 5.91 Å². The van der Waals surface area contributed by atoms with E-state index in [1.165, 1.54) is 6.26 Å². The van der Waals surface area contributed by atoms with Crippen molar-refractivity contribution in [2.75, 3.05) is 46.1 Å². The Kier molecular flexibility index (Phi) is 8.46. The van der Waals surface area contributed by atoms with E-state index in [1.807, 2.05) is 36.1 Å². The largest absolute Gasteiger partial charge is 0.484 e. The number of rotatable bonds is 9. The molecule has 0 atom stereocenters. The number of carbonyl (C=O) groups is 1. The van der Waals surface area contributed by atoms with Gasteiger partial charge in [0, 0.05) is 32.4 Å². The third kappa shape index (κ3) is 7.30. The van der Waals surface area contributed by atoms with E-state index in [-0.39, 0.29) is 24.0 Å². The fraction of sp³-hybridized carbons (Fsp3) is 0.417. The summed E-state index contributed by atoms with van der Waals surface area (Å²) in [5.41, 5.74) is 2.51. The Bertz CT molecular complexity index is 1060. The second kappa shape index (κ2) is 11.3. The van der Waals surface area contributed by atoms with Crippen molar-refractivity contribution in [2.45, 2.75) is 24.8 Å². The van der Waals surface area contributed by atoms with Crippen LogP contribution in [0.25, 0.3) is 0 Å². The lowest BCUT2D eigenvalue weighted by atomic mass is 10.1. The number of sulfone groups is 1. The Morgan fingerprint density at radius 3 is 2.21 bits per heavy atom.